The Morgan fingerprint density at radius 3 is 3.00 bits per heavy atom. The maximum atomic E-state index is 8.72. The van der Waals surface area contributed by atoms with Gasteiger partial charge in [0.05, 0.1) is 0 Å². The lowest BCUT2D eigenvalue weighted by atomic mass is 9.50. The van der Waals surface area contributed by atoms with E-state index in [9.17, 15) is 0 Å². The van der Waals surface area contributed by atoms with Gasteiger partial charge in [-0.25, -0.2) is 5.26 Å². The second kappa shape index (κ2) is 4.23. The fourth-order valence-corrected chi connectivity index (χ4v) is 1.76. The van der Waals surface area contributed by atoms with Crippen LogP contribution in [0.5, 0.6) is 0 Å². The SMILES string of the molecule is CB(C#N)CCc1ccn2ccccc12. The van der Waals surface area contributed by atoms with Gasteiger partial charge in [-0.15, -0.1) is 0 Å². The first-order valence-electron chi connectivity index (χ1n) is 5.25. The van der Waals surface area contributed by atoms with Crippen molar-refractivity contribution in [1.82, 2.24) is 4.40 Å². The van der Waals surface area contributed by atoms with Crippen LogP contribution in [0, 0.1) is 11.2 Å². The molecule has 2 rings (SSSR count). The van der Waals surface area contributed by atoms with Crippen LogP contribution in [-0.2, 0) is 6.42 Å². The number of fused-ring (bicyclic) bond motifs is 1. The van der Waals surface area contributed by atoms with Crippen molar-refractivity contribution in [2.24, 2.45) is 0 Å². The van der Waals surface area contributed by atoms with Crippen LogP contribution in [0.2, 0.25) is 13.1 Å². The first kappa shape index (κ1) is 9.85. The second-order valence-corrected chi connectivity index (χ2v) is 3.90. The molecule has 0 N–H and O–H groups in total. The molecule has 74 valence electrons. The smallest absolute Gasteiger partial charge is 0.265 e. The number of nitrogens with zero attached hydrogens (tertiary/aromatic N) is 2. The van der Waals surface area contributed by atoms with E-state index in [1.165, 1.54) is 11.1 Å². The minimum Gasteiger partial charge on any atom is -0.324 e. The molecule has 0 saturated carbocycles. The Morgan fingerprint density at radius 1 is 1.33 bits per heavy atom. The fourth-order valence-electron chi connectivity index (χ4n) is 1.76. The highest BCUT2D eigenvalue weighted by Gasteiger charge is 2.07. The summed E-state index contributed by atoms with van der Waals surface area (Å²) in [6.45, 7) is 2.11. The van der Waals surface area contributed by atoms with Crippen molar-refractivity contribution < 1.29 is 0 Å². The van der Waals surface area contributed by atoms with Crippen LogP contribution in [0.1, 0.15) is 5.56 Å². The molecule has 0 fully saturated rings. The molecule has 2 aromatic heterocycles. The van der Waals surface area contributed by atoms with Gasteiger partial charge in [-0.3, -0.25) is 0 Å². The maximum Gasteiger partial charge on any atom is 0.265 e. The quantitative estimate of drug-likeness (QED) is 0.693. The van der Waals surface area contributed by atoms with Crippen molar-refractivity contribution in [2.75, 3.05) is 0 Å². The normalized spacial score (nSPS) is 10.1. The lowest BCUT2D eigenvalue weighted by Crippen LogP contribution is -2.04. The monoisotopic (exact) mass is 196 g/mol. The van der Waals surface area contributed by atoms with Crippen LogP contribution in [0.15, 0.2) is 36.7 Å². The first-order chi connectivity index (χ1) is 7.31. The third kappa shape index (κ3) is 2.04. The summed E-state index contributed by atoms with van der Waals surface area (Å²) in [6.07, 6.45) is 6.04. The molecular formula is C12H13BN2. The molecule has 15 heavy (non-hydrogen) atoms. The van der Waals surface area contributed by atoms with Crippen molar-refractivity contribution in [3.05, 3.63) is 42.2 Å². The summed E-state index contributed by atoms with van der Waals surface area (Å²) in [4.78, 5) is 0. The molecule has 0 radical (unpaired) electrons. The number of pyridine rings is 1. The van der Waals surface area contributed by atoms with Crippen molar-refractivity contribution in [3.63, 3.8) is 0 Å². The van der Waals surface area contributed by atoms with Crippen molar-refractivity contribution in [3.8, 4) is 5.97 Å². The Labute approximate surface area is 90.2 Å². The minimum atomic E-state index is 0.142. The van der Waals surface area contributed by atoms with Gasteiger partial charge in [0, 0.05) is 23.9 Å². The first-order valence-corrected chi connectivity index (χ1v) is 5.25. The zero-order chi connectivity index (χ0) is 10.7. The van der Waals surface area contributed by atoms with Crippen molar-refractivity contribution in [2.45, 2.75) is 19.6 Å². The van der Waals surface area contributed by atoms with E-state index in [1.807, 2.05) is 25.2 Å². The van der Waals surface area contributed by atoms with Crippen LogP contribution in [0.25, 0.3) is 5.52 Å². The zero-order valence-corrected chi connectivity index (χ0v) is 8.85. The van der Waals surface area contributed by atoms with Gasteiger partial charge < -0.3 is 4.40 Å². The number of rotatable bonds is 3. The summed E-state index contributed by atoms with van der Waals surface area (Å²) < 4.78 is 2.12. The van der Waals surface area contributed by atoms with E-state index in [4.69, 9.17) is 5.26 Å². The van der Waals surface area contributed by atoms with Gasteiger partial charge in [0.2, 0.25) is 0 Å². The van der Waals surface area contributed by atoms with Gasteiger partial charge in [-0.1, -0.05) is 19.2 Å². The molecule has 0 aliphatic heterocycles. The Morgan fingerprint density at radius 2 is 2.20 bits per heavy atom. The molecule has 0 saturated heterocycles. The molecule has 2 heterocycles. The third-order valence-electron chi connectivity index (χ3n) is 2.72. The van der Waals surface area contributed by atoms with E-state index < -0.39 is 0 Å². The van der Waals surface area contributed by atoms with Crippen molar-refractivity contribution in [1.29, 1.82) is 5.26 Å². The molecule has 0 unspecified atom stereocenters. The molecule has 0 amide bonds. The average molecular weight is 196 g/mol. The lowest BCUT2D eigenvalue weighted by molar-refractivity contribution is 1.13. The van der Waals surface area contributed by atoms with E-state index in [0.29, 0.717) is 0 Å². The summed E-state index contributed by atoms with van der Waals surface area (Å²) in [7, 11) is 0. The second-order valence-electron chi connectivity index (χ2n) is 3.90. The number of nitriles is 1. The van der Waals surface area contributed by atoms with Gasteiger partial charge >= 0.3 is 0 Å². The molecule has 0 spiro atoms. The summed E-state index contributed by atoms with van der Waals surface area (Å²) >= 11 is 0. The van der Waals surface area contributed by atoms with E-state index in [0.717, 1.165) is 12.7 Å². The van der Waals surface area contributed by atoms with E-state index in [2.05, 4.69) is 28.7 Å². The highest BCUT2D eigenvalue weighted by molar-refractivity contribution is 6.65. The van der Waals surface area contributed by atoms with Gasteiger partial charge in [0.25, 0.3) is 6.71 Å². The molecule has 2 nitrogen and oxygen atoms in total. The predicted octanol–water partition coefficient (Wildman–Crippen LogP) is 2.67. The van der Waals surface area contributed by atoms with Crippen LogP contribution in [0.4, 0.5) is 0 Å². The van der Waals surface area contributed by atoms with E-state index >= 15 is 0 Å². The van der Waals surface area contributed by atoms with Crippen LogP contribution < -0.4 is 0 Å². The molecule has 2 aromatic rings. The Kier molecular flexibility index (Phi) is 2.78. The van der Waals surface area contributed by atoms with Gasteiger partial charge in [0.15, 0.2) is 0 Å². The molecule has 0 atom stereocenters. The predicted molar refractivity (Wildman–Crippen MR) is 63.1 cm³/mol. The molecular weight excluding hydrogens is 183 g/mol. The van der Waals surface area contributed by atoms with Crippen LogP contribution in [-0.4, -0.2) is 11.1 Å². The van der Waals surface area contributed by atoms with Crippen LogP contribution in [0.3, 0.4) is 0 Å². The average Bonchev–Trinajstić information content (AvgIpc) is 2.69. The number of aromatic nitrogens is 1. The summed E-state index contributed by atoms with van der Waals surface area (Å²) in [5, 5.41) is 8.72. The van der Waals surface area contributed by atoms with E-state index in [-0.39, 0.29) is 6.71 Å². The summed E-state index contributed by atoms with van der Waals surface area (Å²) in [6, 6.07) is 8.33. The lowest BCUT2D eigenvalue weighted by Gasteiger charge is -1.99. The third-order valence-corrected chi connectivity index (χ3v) is 2.72. The number of hydrogen-bond acceptors (Lipinski definition) is 1. The number of aryl methyl sites for hydroxylation is 1. The van der Waals surface area contributed by atoms with Gasteiger partial charge in [0.1, 0.15) is 0 Å². The Hall–Kier alpha value is -1.69. The fraction of sp³-hybridized carbons (Fsp3) is 0.250. The molecule has 0 aromatic carbocycles. The van der Waals surface area contributed by atoms with Crippen molar-refractivity contribution >= 4 is 12.2 Å². The maximum absolute atomic E-state index is 8.72. The molecule has 0 bridgehead atoms. The van der Waals surface area contributed by atoms with Gasteiger partial charge in [-0.05, 0) is 30.2 Å². The largest absolute Gasteiger partial charge is 0.324 e. The summed E-state index contributed by atoms with van der Waals surface area (Å²) in [5.74, 6) is 2.27. The topological polar surface area (TPSA) is 28.2 Å². The molecule has 3 heteroatoms. The highest BCUT2D eigenvalue weighted by Crippen LogP contribution is 2.15. The van der Waals surface area contributed by atoms with Gasteiger partial charge in [-0.2, -0.15) is 0 Å². The standard InChI is InChI=1S/C12H13BN2/c1-13(10-14)7-5-11-6-9-15-8-3-2-4-12(11)15/h2-4,6,8-9H,5,7H2,1H3. The zero-order valence-electron chi connectivity index (χ0n) is 8.85. The molecule has 0 aliphatic carbocycles. The Balaban J connectivity index is 2.19. The summed E-state index contributed by atoms with van der Waals surface area (Å²) in [5.41, 5.74) is 2.58. The number of hydrogen-bond donors (Lipinski definition) is 0. The van der Waals surface area contributed by atoms with E-state index in [1.54, 1.807) is 0 Å². The molecule has 0 aliphatic rings. The highest BCUT2D eigenvalue weighted by atomic mass is 14.8. The Bertz CT molecular complexity index is 496. The van der Waals surface area contributed by atoms with Crippen LogP contribution >= 0.6 is 0 Å². The minimum absolute atomic E-state index is 0.142.